The van der Waals surface area contributed by atoms with Crippen molar-refractivity contribution in [2.24, 2.45) is 0 Å². The van der Waals surface area contributed by atoms with E-state index in [0.717, 1.165) is 18.2 Å². The van der Waals surface area contributed by atoms with Gasteiger partial charge in [-0.15, -0.1) is 0 Å². The van der Waals surface area contributed by atoms with E-state index in [1.165, 1.54) is 64.2 Å². The van der Waals surface area contributed by atoms with Crippen molar-refractivity contribution in [2.45, 2.75) is 31.8 Å². The van der Waals surface area contributed by atoms with Crippen molar-refractivity contribution < 1.29 is 0 Å². The van der Waals surface area contributed by atoms with E-state index in [1.807, 2.05) is 0 Å². The molecule has 2 saturated heterocycles. The van der Waals surface area contributed by atoms with Crippen LogP contribution >= 0.6 is 0 Å². The summed E-state index contributed by atoms with van der Waals surface area (Å²) in [5.41, 5.74) is 2.25. The molecule has 24 heavy (non-hydrogen) atoms. The number of nitrogens with zero attached hydrogens (tertiary/aromatic N) is 5. The first-order chi connectivity index (χ1) is 11.8. The Morgan fingerprint density at radius 3 is 2.79 bits per heavy atom. The smallest absolute Gasteiger partial charge is 0.137 e. The highest BCUT2D eigenvalue weighted by molar-refractivity contribution is 5.39. The van der Waals surface area contributed by atoms with Crippen LogP contribution in [0.1, 0.15) is 25.0 Å². The van der Waals surface area contributed by atoms with Gasteiger partial charge in [0.25, 0.3) is 0 Å². The van der Waals surface area contributed by atoms with Gasteiger partial charge in [0.15, 0.2) is 0 Å². The first-order valence-electron chi connectivity index (χ1n) is 9.35. The Hall–Kier alpha value is -1.43. The molecule has 1 unspecified atom stereocenters. The van der Waals surface area contributed by atoms with Crippen LogP contribution in [0.5, 0.6) is 0 Å². The number of likely N-dealkylation sites (N-methyl/N-ethyl adjacent to an activating group) is 1. The quantitative estimate of drug-likeness (QED) is 0.861. The van der Waals surface area contributed by atoms with Crippen molar-refractivity contribution in [3.8, 4) is 0 Å². The monoisotopic (exact) mass is 327 g/mol. The predicted molar refractivity (Wildman–Crippen MR) is 97.2 cm³/mol. The Morgan fingerprint density at radius 1 is 1.08 bits per heavy atom. The van der Waals surface area contributed by atoms with E-state index in [9.17, 15) is 0 Å². The molecule has 2 fully saturated rings. The zero-order valence-corrected chi connectivity index (χ0v) is 14.8. The summed E-state index contributed by atoms with van der Waals surface area (Å²) in [5, 5.41) is 0. The zero-order chi connectivity index (χ0) is 16.4. The van der Waals surface area contributed by atoms with E-state index in [2.05, 4.69) is 56.7 Å². The normalized spacial score (nSPS) is 25.1. The van der Waals surface area contributed by atoms with Gasteiger partial charge in [-0.2, -0.15) is 0 Å². The summed E-state index contributed by atoms with van der Waals surface area (Å²) in [6.45, 7) is 8.25. The van der Waals surface area contributed by atoms with E-state index in [-0.39, 0.29) is 0 Å². The van der Waals surface area contributed by atoms with E-state index in [0.29, 0.717) is 0 Å². The molecule has 4 rings (SSSR count). The average Bonchev–Trinajstić information content (AvgIpc) is 2.85. The molecule has 2 aromatic heterocycles. The van der Waals surface area contributed by atoms with Gasteiger partial charge in [-0.1, -0.05) is 12.5 Å². The Bertz CT molecular complexity index is 626. The van der Waals surface area contributed by atoms with Crippen molar-refractivity contribution in [1.82, 2.24) is 24.1 Å². The number of imidazole rings is 1. The van der Waals surface area contributed by atoms with Crippen LogP contribution in [-0.2, 0) is 6.54 Å². The van der Waals surface area contributed by atoms with Gasteiger partial charge in [-0.3, -0.25) is 9.80 Å². The van der Waals surface area contributed by atoms with Crippen LogP contribution in [0.25, 0.3) is 5.65 Å². The van der Waals surface area contributed by atoms with Gasteiger partial charge in [0.05, 0.1) is 5.69 Å². The second-order valence-corrected chi connectivity index (χ2v) is 7.42. The fraction of sp³-hybridized carbons (Fsp3) is 0.632. The number of hydrogen-bond acceptors (Lipinski definition) is 4. The maximum absolute atomic E-state index is 4.79. The van der Waals surface area contributed by atoms with Gasteiger partial charge < -0.3 is 9.30 Å². The molecule has 0 aliphatic carbocycles. The molecule has 130 valence electrons. The molecule has 0 radical (unpaired) electrons. The summed E-state index contributed by atoms with van der Waals surface area (Å²) >= 11 is 0. The fourth-order valence-corrected chi connectivity index (χ4v) is 4.12. The second kappa shape index (κ2) is 7.21. The molecule has 1 atom stereocenters. The number of hydrogen-bond donors (Lipinski definition) is 0. The molecule has 2 aromatic rings. The van der Waals surface area contributed by atoms with E-state index in [1.54, 1.807) is 0 Å². The molecule has 0 spiro atoms. The molecule has 0 saturated carbocycles. The number of fused-ring (bicyclic) bond motifs is 1. The molecule has 2 aliphatic rings. The van der Waals surface area contributed by atoms with E-state index >= 15 is 0 Å². The van der Waals surface area contributed by atoms with Crippen LogP contribution < -0.4 is 0 Å². The summed E-state index contributed by atoms with van der Waals surface area (Å²) in [7, 11) is 2.24. The average molecular weight is 327 g/mol. The van der Waals surface area contributed by atoms with Crippen LogP contribution in [0.15, 0.2) is 30.6 Å². The van der Waals surface area contributed by atoms with Gasteiger partial charge in [0.2, 0.25) is 0 Å². The standard InChI is InChI=1S/C19H29N5/c1-21-10-12-23(13-11-21)18-6-2-4-8-22(16-18)14-17-15-24-9-5-3-7-19(24)20-17/h3,5,7,9,15,18H,2,4,6,8,10-14,16H2,1H3. The largest absolute Gasteiger partial charge is 0.307 e. The van der Waals surface area contributed by atoms with E-state index < -0.39 is 0 Å². The lowest BCUT2D eigenvalue weighted by Crippen LogP contribution is -2.51. The minimum absolute atomic E-state index is 0.721. The number of aromatic nitrogens is 2. The van der Waals surface area contributed by atoms with Crippen LogP contribution in [0.4, 0.5) is 0 Å². The predicted octanol–water partition coefficient (Wildman–Crippen LogP) is 1.94. The van der Waals surface area contributed by atoms with Gasteiger partial charge in [0.1, 0.15) is 5.65 Å². The Balaban J connectivity index is 1.42. The van der Waals surface area contributed by atoms with Crippen LogP contribution in [0.2, 0.25) is 0 Å². The van der Waals surface area contributed by atoms with Gasteiger partial charge in [-0.25, -0.2) is 4.98 Å². The molecule has 5 heteroatoms. The number of piperazine rings is 1. The summed E-state index contributed by atoms with van der Waals surface area (Å²) in [6.07, 6.45) is 8.30. The molecular formula is C19H29N5. The number of likely N-dealkylation sites (tertiary alicyclic amines) is 1. The van der Waals surface area contributed by atoms with Gasteiger partial charge >= 0.3 is 0 Å². The lowest BCUT2D eigenvalue weighted by Gasteiger charge is -2.39. The summed E-state index contributed by atoms with van der Waals surface area (Å²) in [4.78, 5) is 12.6. The second-order valence-electron chi connectivity index (χ2n) is 7.42. The van der Waals surface area contributed by atoms with Crippen molar-refractivity contribution in [3.63, 3.8) is 0 Å². The van der Waals surface area contributed by atoms with E-state index in [4.69, 9.17) is 4.98 Å². The third-order valence-electron chi connectivity index (χ3n) is 5.58. The summed E-state index contributed by atoms with van der Waals surface area (Å²) < 4.78 is 2.13. The molecule has 0 aromatic carbocycles. The Labute approximate surface area is 144 Å². The van der Waals surface area contributed by atoms with Crippen molar-refractivity contribution in [2.75, 3.05) is 46.3 Å². The van der Waals surface area contributed by atoms with Gasteiger partial charge in [-0.05, 0) is 38.6 Å². The summed E-state index contributed by atoms with van der Waals surface area (Å²) in [6, 6.07) is 6.92. The molecule has 5 nitrogen and oxygen atoms in total. The molecule has 4 heterocycles. The molecule has 0 bridgehead atoms. The third-order valence-corrected chi connectivity index (χ3v) is 5.58. The minimum Gasteiger partial charge on any atom is -0.307 e. The highest BCUT2D eigenvalue weighted by Gasteiger charge is 2.26. The highest BCUT2D eigenvalue weighted by Crippen LogP contribution is 2.19. The first-order valence-corrected chi connectivity index (χ1v) is 9.35. The first kappa shape index (κ1) is 16.1. The third kappa shape index (κ3) is 3.63. The molecule has 0 amide bonds. The lowest BCUT2D eigenvalue weighted by molar-refractivity contribution is 0.0872. The minimum atomic E-state index is 0.721. The SMILES string of the molecule is CN1CCN(C2CCCCN(Cc3cn4ccccc4n3)C2)CC1. The topological polar surface area (TPSA) is 27.0 Å². The number of pyridine rings is 1. The van der Waals surface area contributed by atoms with Crippen molar-refractivity contribution >= 4 is 5.65 Å². The van der Waals surface area contributed by atoms with Gasteiger partial charge in [0, 0.05) is 57.7 Å². The van der Waals surface area contributed by atoms with Crippen LogP contribution in [0.3, 0.4) is 0 Å². The fourth-order valence-electron chi connectivity index (χ4n) is 4.12. The maximum atomic E-state index is 4.79. The Kier molecular flexibility index (Phi) is 4.83. The zero-order valence-electron chi connectivity index (χ0n) is 14.8. The molecular weight excluding hydrogens is 298 g/mol. The maximum Gasteiger partial charge on any atom is 0.137 e. The lowest BCUT2D eigenvalue weighted by atomic mass is 10.1. The molecule has 0 N–H and O–H groups in total. The van der Waals surface area contributed by atoms with Crippen LogP contribution in [-0.4, -0.2) is 76.4 Å². The molecule has 2 aliphatic heterocycles. The number of rotatable bonds is 3. The Morgan fingerprint density at radius 2 is 1.96 bits per heavy atom. The van der Waals surface area contributed by atoms with Crippen molar-refractivity contribution in [3.05, 3.63) is 36.3 Å². The highest BCUT2D eigenvalue weighted by atomic mass is 15.3. The van der Waals surface area contributed by atoms with Crippen LogP contribution in [0, 0.1) is 0 Å². The summed E-state index contributed by atoms with van der Waals surface area (Å²) in [5.74, 6) is 0. The van der Waals surface area contributed by atoms with Crippen molar-refractivity contribution in [1.29, 1.82) is 0 Å².